The molecule has 0 radical (unpaired) electrons. The molecular formula is C28H27N3O5S. The lowest BCUT2D eigenvalue weighted by Gasteiger charge is -2.23. The van der Waals surface area contributed by atoms with Gasteiger partial charge in [-0.15, -0.1) is 0 Å². The van der Waals surface area contributed by atoms with Gasteiger partial charge < -0.3 is 24.8 Å². The molecule has 1 heterocycles. The first kappa shape index (κ1) is 25.7. The standard InChI is InChI=1S/C28H27N3O5S/c1-18(20-9-5-4-6-10-20)31-27(33)22(30-28(31)37)15-19-13-14-24(25(16-19)35-3)36-17-26(32)29-21-11-7-8-12-23(21)34-2/h4-16,18H,17H2,1-3H3,(H,29,32)(H,30,37)/b22-15-. The number of hydrogen-bond acceptors (Lipinski definition) is 6. The highest BCUT2D eigenvalue weighted by molar-refractivity contribution is 7.80. The smallest absolute Gasteiger partial charge is 0.277 e. The van der Waals surface area contributed by atoms with Gasteiger partial charge in [-0.25, -0.2) is 0 Å². The average Bonchev–Trinajstić information content (AvgIpc) is 3.20. The topological polar surface area (TPSA) is 89.1 Å². The monoisotopic (exact) mass is 517 g/mol. The first-order valence-corrected chi connectivity index (χ1v) is 12.0. The van der Waals surface area contributed by atoms with E-state index in [0.717, 1.165) is 5.56 Å². The maximum Gasteiger partial charge on any atom is 0.277 e. The van der Waals surface area contributed by atoms with Crippen molar-refractivity contribution in [1.82, 2.24) is 10.2 Å². The van der Waals surface area contributed by atoms with Crippen molar-refractivity contribution >= 4 is 40.9 Å². The molecule has 1 aliphatic heterocycles. The van der Waals surface area contributed by atoms with E-state index < -0.39 is 0 Å². The number of benzene rings is 3. The van der Waals surface area contributed by atoms with E-state index >= 15 is 0 Å². The molecule has 8 nitrogen and oxygen atoms in total. The molecule has 0 aromatic heterocycles. The maximum atomic E-state index is 13.1. The second-order valence-electron chi connectivity index (χ2n) is 8.20. The zero-order valence-corrected chi connectivity index (χ0v) is 21.5. The first-order chi connectivity index (χ1) is 17.9. The molecule has 190 valence electrons. The third kappa shape index (κ3) is 5.90. The summed E-state index contributed by atoms with van der Waals surface area (Å²) in [6.45, 7) is 1.71. The minimum atomic E-state index is -0.348. The van der Waals surface area contributed by atoms with Gasteiger partial charge in [0, 0.05) is 0 Å². The highest BCUT2D eigenvalue weighted by Crippen LogP contribution is 2.31. The molecule has 0 aliphatic carbocycles. The molecule has 0 bridgehead atoms. The Hall–Kier alpha value is -4.37. The number of methoxy groups -OCH3 is 2. The van der Waals surface area contributed by atoms with Crippen molar-refractivity contribution in [3.8, 4) is 17.2 Å². The van der Waals surface area contributed by atoms with Crippen molar-refractivity contribution < 1.29 is 23.8 Å². The van der Waals surface area contributed by atoms with E-state index in [1.54, 1.807) is 47.4 Å². The molecule has 1 unspecified atom stereocenters. The lowest BCUT2D eigenvalue weighted by molar-refractivity contribution is -0.123. The fraction of sp³-hybridized carbons (Fsp3) is 0.179. The predicted octanol–water partition coefficient (Wildman–Crippen LogP) is 4.54. The Morgan fingerprint density at radius 1 is 1.00 bits per heavy atom. The fourth-order valence-electron chi connectivity index (χ4n) is 3.92. The summed E-state index contributed by atoms with van der Waals surface area (Å²) in [6, 6.07) is 21.8. The van der Waals surface area contributed by atoms with Crippen LogP contribution in [0.1, 0.15) is 24.1 Å². The Morgan fingerprint density at radius 2 is 1.70 bits per heavy atom. The molecule has 1 fully saturated rings. The fourth-order valence-corrected chi connectivity index (χ4v) is 4.27. The lowest BCUT2D eigenvalue weighted by atomic mass is 10.1. The van der Waals surface area contributed by atoms with Gasteiger partial charge in [-0.1, -0.05) is 48.5 Å². The molecule has 0 spiro atoms. The number of rotatable bonds is 9. The van der Waals surface area contributed by atoms with Crippen LogP contribution >= 0.6 is 12.2 Å². The van der Waals surface area contributed by atoms with E-state index in [-0.39, 0.29) is 24.5 Å². The zero-order valence-electron chi connectivity index (χ0n) is 20.7. The third-order valence-electron chi connectivity index (χ3n) is 5.82. The molecule has 3 aromatic carbocycles. The molecule has 1 aliphatic rings. The molecule has 37 heavy (non-hydrogen) atoms. The van der Waals surface area contributed by atoms with E-state index in [1.807, 2.05) is 43.3 Å². The second kappa shape index (κ2) is 11.6. The quantitative estimate of drug-likeness (QED) is 0.318. The third-order valence-corrected chi connectivity index (χ3v) is 6.12. The van der Waals surface area contributed by atoms with E-state index in [4.69, 9.17) is 26.4 Å². The number of ether oxygens (including phenoxy) is 3. The van der Waals surface area contributed by atoms with Crippen molar-refractivity contribution in [2.45, 2.75) is 13.0 Å². The zero-order chi connectivity index (χ0) is 26.4. The lowest BCUT2D eigenvalue weighted by Crippen LogP contribution is -2.33. The minimum Gasteiger partial charge on any atom is -0.495 e. The van der Waals surface area contributed by atoms with E-state index in [2.05, 4.69) is 10.6 Å². The molecule has 9 heteroatoms. The molecular weight excluding hydrogens is 490 g/mol. The van der Waals surface area contributed by atoms with E-state index in [0.29, 0.717) is 39.3 Å². The first-order valence-electron chi connectivity index (χ1n) is 11.6. The summed E-state index contributed by atoms with van der Waals surface area (Å²) in [5.41, 5.74) is 2.60. The van der Waals surface area contributed by atoms with Gasteiger partial charge in [0.05, 0.1) is 25.9 Å². The molecule has 3 aromatic rings. The van der Waals surface area contributed by atoms with Crippen LogP contribution in [0.5, 0.6) is 17.2 Å². The van der Waals surface area contributed by atoms with E-state index in [1.165, 1.54) is 14.2 Å². The number of nitrogens with zero attached hydrogens (tertiary/aromatic N) is 1. The number of hydrogen-bond donors (Lipinski definition) is 2. The van der Waals surface area contributed by atoms with Crippen LogP contribution in [0.3, 0.4) is 0 Å². The molecule has 4 rings (SSSR count). The van der Waals surface area contributed by atoms with Gasteiger partial charge in [-0.2, -0.15) is 0 Å². The van der Waals surface area contributed by atoms with Gasteiger partial charge in [0.15, 0.2) is 23.2 Å². The minimum absolute atomic E-state index is 0.214. The van der Waals surface area contributed by atoms with Gasteiger partial charge in [0.1, 0.15) is 11.4 Å². The summed E-state index contributed by atoms with van der Waals surface area (Å²) in [6.07, 6.45) is 1.70. The van der Waals surface area contributed by atoms with Gasteiger partial charge >= 0.3 is 0 Å². The van der Waals surface area contributed by atoms with Crippen LogP contribution in [-0.4, -0.2) is 42.7 Å². The summed E-state index contributed by atoms with van der Waals surface area (Å²) < 4.78 is 16.4. The number of para-hydroxylation sites is 2. The number of amides is 2. The number of carbonyl (C=O) groups excluding carboxylic acids is 2. The van der Waals surface area contributed by atoms with Crippen molar-refractivity contribution in [2.24, 2.45) is 0 Å². The Labute approximate surface area is 220 Å². The van der Waals surface area contributed by atoms with Crippen molar-refractivity contribution in [3.05, 3.63) is 89.6 Å². The van der Waals surface area contributed by atoms with Crippen LogP contribution in [0.4, 0.5) is 5.69 Å². The number of nitrogens with one attached hydrogen (secondary N) is 2. The summed E-state index contributed by atoms with van der Waals surface area (Å²) in [7, 11) is 3.04. The maximum absolute atomic E-state index is 13.1. The van der Waals surface area contributed by atoms with Crippen LogP contribution in [0.25, 0.3) is 6.08 Å². The number of thiocarbonyl (C=S) groups is 1. The van der Waals surface area contributed by atoms with Gasteiger partial charge in [0.2, 0.25) is 0 Å². The Balaban J connectivity index is 1.44. The SMILES string of the molecule is COc1ccccc1NC(=O)COc1ccc(/C=C2\NC(=S)N(C(C)c3ccccc3)C2=O)cc1OC. The van der Waals surface area contributed by atoms with Gasteiger partial charge in [-0.3, -0.25) is 14.5 Å². The van der Waals surface area contributed by atoms with Crippen molar-refractivity contribution in [1.29, 1.82) is 0 Å². The Morgan fingerprint density at radius 3 is 2.43 bits per heavy atom. The second-order valence-corrected chi connectivity index (χ2v) is 8.58. The molecule has 1 saturated heterocycles. The molecule has 0 saturated carbocycles. The Kier molecular flexibility index (Phi) is 8.05. The number of anilines is 1. The summed E-state index contributed by atoms with van der Waals surface area (Å²) in [4.78, 5) is 27.1. The van der Waals surface area contributed by atoms with Crippen LogP contribution in [0.15, 0.2) is 78.5 Å². The molecule has 1 atom stereocenters. The summed E-state index contributed by atoms with van der Waals surface area (Å²) in [5.74, 6) is 0.799. The van der Waals surface area contributed by atoms with Crippen molar-refractivity contribution in [3.63, 3.8) is 0 Å². The average molecular weight is 518 g/mol. The summed E-state index contributed by atoms with van der Waals surface area (Å²) in [5, 5.41) is 6.12. The van der Waals surface area contributed by atoms with Gasteiger partial charge in [-0.05, 0) is 60.6 Å². The summed E-state index contributed by atoms with van der Waals surface area (Å²) >= 11 is 5.44. The number of carbonyl (C=O) groups is 2. The highest BCUT2D eigenvalue weighted by Gasteiger charge is 2.34. The Bertz CT molecular complexity index is 1340. The van der Waals surface area contributed by atoms with Crippen molar-refractivity contribution in [2.75, 3.05) is 26.1 Å². The van der Waals surface area contributed by atoms with Crippen LogP contribution in [0.2, 0.25) is 0 Å². The predicted molar refractivity (Wildman–Crippen MR) is 146 cm³/mol. The van der Waals surface area contributed by atoms with Gasteiger partial charge in [0.25, 0.3) is 11.8 Å². The van der Waals surface area contributed by atoms with E-state index in [9.17, 15) is 9.59 Å². The molecule has 2 amide bonds. The van der Waals surface area contributed by atoms with Crippen LogP contribution < -0.4 is 24.8 Å². The molecule has 2 N–H and O–H groups in total. The van der Waals surface area contributed by atoms with Crippen LogP contribution in [0, 0.1) is 0 Å². The largest absolute Gasteiger partial charge is 0.495 e. The normalized spacial score (nSPS) is 14.8. The highest BCUT2D eigenvalue weighted by atomic mass is 32.1. The van der Waals surface area contributed by atoms with Crippen LogP contribution in [-0.2, 0) is 9.59 Å².